The van der Waals surface area contributed by atoms with Gasteiger partial charge in [0.25, 0.3) is 0 Å². The zero-order chi connectivity index (χ0) is 10.7. The average Bonchev–Trinajstić information content (AvgIpc) is 2.66. The maximum atomic E-state index is 11.9. The van der Waals surface area contributed by atoms with E-state index in [1.165, 1.54) is 24.3 Å². The largest absolute Gasteiger partial charge is 0.341 e. The lowest BCUT2D eigenvalue weighted by Gasteiger charge is -2.23. The van der Waals surface area contributed by atoms with Crippen LogP contribution in [0.4, 0.5) is 0 Å². The number of amides is 1. The summed E-state index contributed by atoms with van der Waals surface area (Å²) in [4.78, 5) is 13.9. The minimum Gasteiger partial charge on any atom is -0.341 e. The van der Waals surface area contributed by atoms with Crippen molar-refractivity contribution in [3.63, 3.8) is 0 Å². The average molecular weight is 228 g/mol. The molecule has 2 aliphatic rings. The highest BCUT2D eigenvalue weighted by Crippen LogP contribution is 2.26. The Labute approximate surface area is 95.8 Å². The summed E-state index contributed by atoms with van der Waals surface area (Å²) >= 11 is 2.01. The third-order valence-corrected chi connectivity index (χ3v) is 4.43. The van der Waals surface area contributed by atoms with Crippen LogP contribution in [-0.4, -0.2) is 41.4 Å². The Bertz CT molecular complexity index is 229. The van der Waals surface area contributed by atoms with Crippen LogP contribution < -0.4 is 5.73 Å². The molecule has 2 fully saturated rings. The Morgan fingerprint density at radius 1 is 1.33 bits per heavy atom. The molecular formula is C11H20N2OS. The van der Waals surface area contributed by atoms with E-state index in [0.29, 0.717) is 11.8 Å². The number of nitrogens with two attached hydrogens (primary N) is 1. The van der Waals surface area contributed by atoms with Crippen molar-refractivity contribution >= 4 is 17.7 Å². The summed E-state index contributed by atoms with van der Waals surface area (Å²) in [7, 11) is 0. The Balaban J connectivity index is 1.76. The van der Waals surface area contributed by atoms with Gasteiger partial charge in [0.1, 0.15) is 0 Å². The second-order valence-corrected chi connectivity index (χ2v) is 5.87. The van der Waals surface area contributed by atoms with Crippen LogP contribution >= 0.6 is 11.8 Å². The molecule has 0 saturated carbocycles. The summed E-state index contributed by atoms with van der Waals surface area (Å²) in [5.41, 5.74) is 5.80. The molecule has 1 atom stereocenters. The van der Waals surface area contributed by atoms with Gasteiger partial charge in [0.05, 0.1) is 0 Å². The van der Waals surface area contributed by atoms with Crippen LogP contribution in [0.3, 0.4) is 0 Å². The molecule has 0 unspecified atom stereocenters. The Kier molecular flexibility index (Phi) is 3.92. The van der Waals surface area contributed by atoms with E-state index < -0.39 is 0 Å². The molecule has 2 saturated heterocycles. The third-order valence-electron chi connectivity index (χ3n) is 3.38. The Morgan fingerprint density at radius 2 is 2.07 bits per heavy atom. The minimum atomic E-state index is 0.218. The summed E-state index contributed by atoms with van der Waals surface area (Å²) in [5.74, 6) is 3.44. The van der Waals surface area contributed by atoms with E-state index in [2.05, 4.69) is 0 Å². The van der Waals surface area contributed by atoms with Crippen molar-refractivity contribution in [2.75, 3.05) is 24.6 Å². The molecule has 0 aliphatic carbocycles. The van der Waals surface area contributed by atoms with Crippen LogP contribution in [0.15, 0.2) is 0 Å². The predicted molar refractivity (Wildman–Crippen MR) is 63.8 cm³/mol. The van der Waals surface area contributed by atoms with E-state index in [1.54, 1.807) is 0 Å². The van der Waals surface area contributed by atoms with E-state index in [1.807, 2.05) is 16.7 Å². The van der Waals surface area contributed by atoms with Crippen molar-refractivity contribution in [1.29, 1.82) is 0 Å². The minimum absolute atomic E-state index is 0.218. The van der Waals surface area contributed by atoms with Crippen LogP contribution in [0.5, 0.6) is 0 Å². The summed E-state index contributed by atoms with van der Waals surface area (Å²) in [5, 5.41) is 0. The highest BCUT2D eigenvalue weighted by atomic mass is 32.2. The van der Waals surface area contributed by atoms with Gasteiger partial charge in [-0.05, 0) is 36.7 Å². The molecule has 86 valence electrons. The van der Waals surface area contributed by atoms with Crippen LogP contribution in [0.2, 0.25) is 0 Å². The molecule has 0 aromatic rings. The predicted octanol–water partition coefficient (Wildman–Crippen LogP) is 1.08. The van der Waals surface area contributed by atoms with Crippen molar-refractivity contribution in [2.45, 2.75) is 31.7 Å². The third kappa shape index (κ3) is 3.11. The summed E-state index contributed by atoms with van der Waals surface area (Å²) in [6.45, 7) is 1.65. The number of carbonyl (C=O) groups excluding carboxylic acids is 1. The molecule has 2 N–H and O–H groups in total. The van der Waals surface area contributed by atoms with Crippen LogP contribution in [0, 0.1) is 5.92 Å². The highest BCUT2D eigenvalue weighted by Gasteiger charge is 2.26. The SMILES string of the molecule is N[C@@H]1CCN(C(=O)CC2CCSCC2)C1. The number of hydrogen-bond donors (Lipinski definition) is 1. The van der Waals surface area contributed by atoms with Gasteiger partial charge in [0.15, 0.2) is 0 Å². The summed E-state index contributed by atoms with van der Waals surface area (Å²) in [6.07, 6.45) is 4.17. The number of carbonyl (C=O) groups is 1. The first-order valence-electron chi connectivity index (χ1n) is 5.87. The van der Waals surface area contributed by atoms with Crippen molar-refractivity contribution < 1.29 is 4.79 Å². The first kappa shape index (κ1) is 11.3. The van der Waals surface area contributed by atoms with Gasteiger partial charge >= 0.3 is 0 Å². The van der Waals surface area contributed by atoms with E-state index in [0.717, 1.165) is 25.9 Å². The fraction of sp³-hybridized carbons (Fsp3) is 0.909. The molecule has 0 radical (unpaired) electrons. The molecule has 2 rings (SSSR count). The topological polar surface area (TPSA) is 46.3 Å². The van der Waals surface area contributed by atoms with Crippen molar-refractivity contribution in [3.05, 3.63) is 0 Å². The van der Waals surface area contributed by atoms with Crippen molar-refractivity contribution in [2.24, 2.45) is 11.7 Å². The number of nitrogens with zero attached hydrogens (tertiary/aromatic N) is 1. The van der Waals surface area contributed by atoms with Crippen LogP contribution in [-0.2, 0) is 4.79 Å². The van der Waals surface area contributed by atoms with Gasteiger partial charge < -0.3 is 10.6 Å². The molecule has 0 spiro atoms. The van der Waals surface area contributed by atoms with E-state index in [9.17, 15) is 4.79 Å². The smallest absolute Gasteiger partial charge is 0.222 e. The Morgan fingerprint density at radius 3 is 2.67 bits per heavy atom. The van der Waals surface area contributed by atoms with E-state index >= 15 is 0 Å². The van der Waals surface area contributed by atoms with E-state index in [-0.39, 0.29) is 6.04 Å². The van der Waals surface area contributed by atoms with Gasteiger partial charge in [-0.1, -0.05) is 0 Å². The maximum Gasteiger partial charge on any atom is 0.222 e. The summed E-state index contributed by atoms with van der Waals surface area (Å²) in [6, 6.07) is 0.218. The summed E-state index contributed by atoms with van der Waals surface area (Å²) < 4.78 is 0. The van der Waals surface area contributed by atoms with Crippen LogP contribution in [0.1, 0.15) is 25.7 Å². The molecule has 1 amide bonds. The number of likely N-dealkylation sites (tertiary alicyclic amines) is 1. The van der Waals surface area contributed by atoms with E-state index in [4.69, 9.17) is 5.73 Å². The second kappa shape index (κ2) is 5.21. The van der Waals surface area contributed by atoms with Gasteiger partial charge in [-0.15, -0.1) is 0 Å². The van der Waals surface area contributed by atoms with Crippen molar-refractivity contribution in [3.8, 4) is 0 Å². The first-order chi connectivity index (χ1) is 7.25. The molecule has 0 bridgehead atoms. The zero-order valence-corrected chi connectivity index (χ0v) is 9.97. The molecular weight excluding hydrogens is 208 g/mol. The number of hydrogen-bond acceptors (Lipinski definition) is 3. The second-order valence-electron chi connectivity index (χ2n) is 4.65. The van der Waals surface area contributed by atoms with Gasteiger partial charge in [-0.25, -0.2) is 0 Å². The molecule has 2 aliphatic heterocycles. The number of thioether (sulfide) groups is 1. The fourth-order valence-corrected chi connectivity index (χ4v) is 3.54. The molecule has 15 heavy (non-hydrogen) atoms. The van der Waals surface area contributed by atoms with Gasteiger partial charge in [-0.2, -0.15) is 11.8 Å². The first-order valence-corrected chi connectivity index (χ1v) is 7.02. The van der Waals surface area contributed by atoms with Crippen molar-refractivity contribution in [1.82, 2.24) is 4.90 Å². The highest BCUT2D eigenvalue weighted by molar-refractivity contribution is 7.99. The van der Waals surface area contributed by atoms with Gasteiger partial charge in [-0.3, -0.25) is 4.79 Å². The lowest BCUT2D eigenvalue weighted by Crippen LogP contribution is -2.33. The quantitative estimate of drug-likeness (QED) is 0.769. The molecule has 0 aromatic heterocycles. The zero-order valence-electron chi connectivity index (χ0n) is 9.15. The molecule has 4 heteroatoms. The lowest BCUT2D eigenvalue weighted by atomic mass is 9.98. The Hall–Kier alpha value is -0.220. The van der Waals surface area contributed by atoms with Crippen LogP contribution in [0.25, 0.3) is 0 Å². The number of rotatable bonds is 2. The lowest BCUT2D eigenvalue weighted by molar-refractivity contribution is -0.131. The standard InChI is InChI=1S/C11H20N2OS/c12-10-1-4-13(8-10)11(14)7-9-2-5-15-6-3-9/h9-10H,1-8,12H2/t10-/m1/s1. The normalized spacial score (nSPS) is 28.3. The molecule has 3 nitrogen and oxygen atoms in total. The van der Waals surface area contributed by atoms with Gasteiger partial charge in [0.2, 0.25) is 5.91 Å². The monoisotopic (exact) mass is 228 g/mol. The molecule has 2 heterocycles. The maximum absolute atomic E-state index is 11.9. The molecule has 0 aromatic carbocycles. The van der Waals surface area contributed by atoms with Gasteiger partial charge in [0, 0.05) is 25.6 Å². The fourth-order valence-electron chi connectivity index (χ4n) is 2.34.